The number of hydrogen-bond acceptors (Lipinski definition) is 5. The van der Waals surface area contributed by atoms with Gasteiger partial charge < -0.3 is 9.32 Å². The van der Waals surface area contributed by atoms with Crippen LogP contribution in [0.4, 0.5) is 5.13 Å². The fraction of sp³-hybridized carbons (Fsp3) is 0.333. The van der Waals surface area contributed by atoms with Gasteiger partial charge in [-0.05, 0) is 54.8 Å². The molecule has 0 spiro atoms. The molecule has 0 N–H and O–H groups in total. The molecule has 3 aromatic rings. The van der Waals surface area contributed by atoms with Crippen LogP contribution in [0.2, 0.25) is 0 Å². The highest BCUT2D eigenvalue weighted by Crippen LogP contribution is 2.40. The van der Waals surface area contributed by atoms with Crippen LogP contribution in [0.25, 0.3) is 22.2 Å². The molecule has 24 heavy (non-hydrogen) atoms. The van der Waals surface area contributed by atoms with Gasteiger partial charge in [-0.15, -0.1) is 0 Å². The average Bonchev–Trinajstić information content (AvgIpc) is 3.09. The number of rotatable bonds is 2. The first-order valence-corrected chi connectivity index (χ1v) is 9.63. The number of aromatic nitrogens is 1. The normalized spacial score (nSPS) is 20.9. The lowest BCUT2D eigenvalue weighted by Gasteiger charge is -2.25. The molecule has 1 aliphatic heterocycles. The van der Waals surface area contributed by atoms with Gasteiger partial charge >= 0.3 is 5.63 Å². The minimum absolute atomic E-state index is 0.353. The predicted molar refractivity (Wildman–Crippen MR) is 102 cm³/mol. The summed E-state index contributed by atoms with van der Waals surface area (Å²) in [6.07, 6.45) is 2.34. The number of hydrogen-bond donors (Lipinski definition) is 0. The molecule has 2 atom stereocenters. The van der Waals surface area contributed by atoms with Crippen molar-refractivity contribution in [2.24, 2.45) is 0 Å². The molecule has 1 aromatic carbocycles. The molecule has 1 saturated heterocycles. The number of nitrogens with zero attached hydrogens (tertiary/aromatic N) is 2. The van der Waals surface area contributed by atoms with Crippen LogP contribution in [0.15, 0.2) is 43.3 Å². The van der Waals surface area contributed by atoms with E-state index >= 15 is 0 Å². The summed E-state index contributed by atoms with van der Waals surface area (Å²) < 4.78 is 6.32. The number of benzene rings is 1. The molecule has 4 nitrogen and oxygen atoms in total. The third-order valence-corrected chi connectivity index (χ3v) is 6.36. The Labute approximate surface area is 152 Å². The molecule has 0 radical (unpaired) electrons. The minimum Gasteiger partial charge on any atom is -0.422 e. The van der Waals surface area contributed by atoms with Crippen molar-refractivity contribution < 1.29 is 4.42 Å². The number of halogens is 1. The zero-order chi connectivity index (χ0) is 16.8. The summed E-state index contributed by atoms with van der Waals surface area (Å²) in [7, 11) is 0. The third-order valence-electron chi connectivity index (χ3n) is 4.64. The highest BCUT2D eigenvalue weighted by Gasteiger charge is 2.30. The number of thiazole rings is 1. The first-order chi connectivity index (χ1) is 11.5. The van der Waals surface area contributed by atoms with Gasteiger partial charge in [0.25, 0.3) is 0 Å². The molecule has 1 aliphatic rings. The van der Waals surface area contributed by atoms with Crippen molar-refractivity contribution in [2.75, 3.05) is 4.90 Å². The maximum atomic E-state index is 12.4. The maximum Gasteiger partial charge on any atom is 0.345 e. The second kappa shape index (κ2) is 6.01. The highest BCUT2D eigenvalue weighted by molar-refractivity contribution is 9.11. The monoisotopic (exact) mass is 404 g/mol. The fourth-order valence-corrected chi connectivity index (χ4v) is 5.12. The van der Waals surface area contributed by atoms with Gasteiger partial charge in [-0.1, -0.05) is 29.5 Å². The Morgan fingerprint density at radius 1 is 1.25 bits per heavy atom. The summed E-state index contributed by atoms with van der Waals surface area (Å²) in [5, 5.41) is 1.86. The standard InChI is InChI=1S/C18H17BrN2O2S/c1-10-7-8-11(2)21(10)18-20-15(16(19)24-18)13-9-12-5-3-4-6-14(12)23-17(13)22/h3-6,9-11H,7-8H2,1-2H3. The van der Waals surface area contributed by atoms with Crippen molar-refractivity contribution in [3.8, 4) is 11.3 Å². The lowest BCUT2D eigenvalue weighted by Crippen LogP contribution is -2.32. The molecule has 6 heteroatoms. The van der Waals surface area contributed by atoms with Crippen molar-refractivity contribution in [3.63, 3.8) is 0 Å². The van der Waals surface area contributed by atoms with Crippen molar-refractivity contribution >= 4 is 43.4 Å². The second-order valence-electron chi connectivity index (χ2n) is 6.29. The van der Waals surface area contributed by atoms with Crippen LogP contribution in [-0.2, 0) is 0 Å². The van der Waals surface area contributed by atoms with Crippen molar-refractivity contribution in [3.05, 3.63) is 44.5 Å². The Morgan fingerprint density at radius 2 is 1.96 bits per heavy atom. The molecule has 0 aliphatic carbocycles. The summed E-state index contributed by atoms with van der Waals surface area (Å²) in [6, 6.07) is 10.3. The maximum absolute atomic E-state index is 12.4. The van der Waals surface area contributed by atoms with E-state index in [-0.39, 0.29) is 5.63 Å². The van der Waals surface area contributed by atoms with Crippen LogP contribution < -0.4 is 10.5 Å². The lowest BCUT2D eigenvalue weighted by molar-refractivity contribution is 0.563. The summed E-state index contributed by atoms with van der Waals surface area (Å²) in [5.41, 5.74) is 1.41. The largest absolute Gasteiger partial charge is 0.422 e. The first-order valence-electron chi connectivity index (χ1n) is 8.02. The SMILES string of the molecule is CC1CCC(C)N1c1nc(-c2cc3ccccc3oc2=O)c(Br)s1. The molecule has 0 bridgehead atoms. The zero-order valence-corrected chi connectivity index (χ0v) is 15.9. The number of anilines is 1. The fourth-order valence-electron chi connectivity index (χ4n) is 3.37. The number of para-hydroxylation sites is 1. The molecule has 0 amide bonds. The molecular weight excluding hydrogens is 388 g/mol. The van der Waals surface area contributed by atoms with E-state index in [1.165, 1.54) is 12.8 Å². The topological polar surface area (TPSA) is 46.3 Å². The Balaban J connectivity index is 1.83. The van der Waals surface area contributed by atoms with Crippen LogP contribution >= 0.6 is 27.3 Å². The van der Waals surface area contributed by atoms with E-state index < -0.39 is 0 Å². The molecule has 4 rings (SSSR count). The molecule has 2 aromatic heterocycles. The van der Waals surface area contributed by atoms with E-state index in [0.717, 1.165) is 14.3 Å². The summed E-state index contributed by atoms with van der Waals surface area (Å²) in [6.45, 7) is 4.45. The van der Waals surface area contributed by atoms with Gasteiger partial charge in [-0.25, -0.2) is 9.78 Å². The Morgan fingerprint density at radius 3 is 2.71 bits per heavy atom. The molecular formula is C18H17BrN2O2S. The van der Waals surface area contributed by atoms with Gasteiger partial charge in [-0.3, -0.25) is 0 Å². The van der Waals surface area contributed by atoms with E-state index in [4.69, 9.17) is 9.40 Å². The van der Waals surface area contributed by atoms with Gasteiger partial charge in [0.1, 0.15) is 15.1 Å². The van der Waals surface area contributed by atoms with Crippen LogP contribution in [0, 0.1) is 0 Å². The predicted octanol–water partition coefficient (Wildman–Crippen LogP) is 5.06. The molecule has 3 heterocycles. The smallest absolute Gasteiger partial charge is 0.345 e. The van der Waals surface area contributed by atoms with Crippen molar-refractivity contribution in [1.82, 2.24) is 4.98 Å². The van der Waals surface area contributed by atoms with Gasteiger partial charge in [0.2, 0.25) is 0 Å². The van der Waals surface area contributed by atoms with Gasteiger partial charge in [0, 0.05) is 17.5 Å². The molecule has 1 fully saturated rings. The second-order valence-corrected chi connectivity index (χ2v) is 8.58. The minimum atomic E-state index is -0.353. The molecule has 124 valence electrons. The van der Waals surface area contributed by atoms with E-state index in [0.29, 0.717) is 28.9 Å². The summed E-state index contributed by atoms with van der Waals surface area (Å²) in [5.74, 6) is 0. The highest BCUT2D eigenvalue weighted by atomic mass is 79.9. The van der Waals surface area contributed by atoms with Gasteiger partial charge in [0.05, 0.1) is 5.56 Å². The van der Waals surface area contributed by atoms with E-state index in [9.17, 15) is 4.79 Å². The van der Waals surface area contributed by atoms with E-state index in [2.05, 4.69) is 34.7 Å². The quantitative estimate of drug-likeness (QED) is 0.560. The molecule has 0 saturated carbocycles. The van der Waals surface area contributed by atoms with Crippen LogP contribution in [0.1, 0.15) is 26.7 Å². The number of fused-ring (bicyclic) bond motifs is 1. The van der Waals surface area contributed by atoms with E-state index in [1.54, 1.807) is 17.4 Å². The Bertz CT molecular complexity index is 955. The van der Waals surface area contributed by atoms with Crippen LogP contribution in [0.3, 0.4) is 0 Å². The van der Waals surface area contributed by atoms with Crippen LogP contribution in [-0.4, -0.2) is 17.1 Å². The lowest BCUT2D eigenvalue weighted by atomic mass is 10.1. The van der Waals surface area contributed by atoms with Crippen LogP contribution in [0.5, 0.6) is 0 Å². The Hall–Kier alpha value is -1.66. The van der Waals surface area contributed by atoms with Gasteiger partial charge in [0.15, 0.2) is 5.13 Å². The molecule has 2 unspecified atom stereocenters. The first kappa shape index (κ1) is 15.8. The van der Waals surface area contributed by atoms with Crippen molar-refractivity contribution in [1.29, 1.82) is 0 Å². The zero-order valence-electron chi connectivity index (χ0n) is 13.5. The average molecular weight is 405 g/mol. The summed E-state index contributed by atoms with van der Waals surface area (Å²) in [4.78, 5) is 19.5. The van der Waals surface area contributed by atoms with Crippen molar-refractivity contribution in [2.45, 2.75) is 38.8 Å². The third kappa shape index (κ3) is 2.58. The summed E-state index contributed by atoms with van der Waals surface area (Å²) >= 11 is 5.17. The van der Waals surface area contributed by atoms with Gasteiger partial charge in [-0.2, -0.15) is 0 Å². The van der Waals surface area contributed by atoms with E-state index in [1.807, 2.05) is 24.3 Å². The Kier molecular flexibility index (Phi) is 3.96.